The molecule has 71 heavy (non-hydrogen) atoms. The molecule has 1 saturated heterocycles. The second kappa shape index (κ2) is 20.4. The number of aryl methyl sites for hydroxylation is 4. The number of primary amides is 1. The molecule has 0 aliphatic carbocycles. The van der Waals surface area contributed by atoms with E-state index in [1.807, 2.05) is 81.1 Å². The van der Waals surface area contributed by atoms with Gasteiger partial charge in [0, 0.05) is 54.1 Å². The molecule has 1 fully saturated rings. The highest BCUT2D eigenvalue weighted by Gasteiger charge is 2.48. The molecule has 3 aromatic heterocycles. The van der Waals surface area contributed by atoms with Crippen LogP contribution in [-0.4, -0.2) is 72.2 Å². The number of aromatic nitrogens is 4. The number of amides is 3. The molecule has 8 rings (SSSR count). The number of carboxylic acid groups (broad SMARTS) is 1. The zero-order chi connectivity index (χ0) is 50.9. The van der Waals surface area contributed by atoms with Gasteiger partial charge in [-0.25, -0.2) is 14.4 Å². The molecular weight excluding hydrogens is 924 g/mol. The van der Waals surface area contributed by atoms with E-state index in [2.05, 4.69) is 20.4 Å². The van der Waals surface area contributed by atoms with Gasteiger partial charge >= 0.3 is 5.97 Å². The Labute approximate surface area is 415 Å². The highest BCUT2D eigenvalue weighted by molar-refractivity contribution is 7.13. The highest BCUT2D eigenvalue weighted by atomic mass is 32.1. The molecule has 15 nitrogen and oxygen atoms in total. The Bertz CT molecular complexity index is 3070. The van der Waals surface area contributed by atoms with Gasteiger partial charge < -0.3 is 39.8 Å². The first-order chi connectivity index (χ1) is 33.8. The van der Waals surface area contributed by atoms with Crippen molar-refractivity contribution in [1.29, 1.82) is 0 Å². The number of nitrogens with zero attached hydrogens (tertiary/aromatic N) is 6. The third-order valence-electron chi connectivity index (χ3n) is 13.1. The smallest absolute Gasteiger partial charge is 0.303 e. The number of carbonyl (C=O) groups is 4. The van der Waals surface area contributed by atoms with Crippen LogP contribution in [0, 0.1) is 50.8 Å². The maximum absolute atomic E-state index is 15.6. The summed E-state index contributed by atoms with van der Waals surface area (Å²) >= 11 is 1.53. The highest BCUT2D eigenvalue weighted by Crippen LogP contribution is 2.43. The molecule has 1 unspecified atom stereocenters. The first kappa shape index (κ1) is 49.8. The third kappa shape index (κ3) is 10.6. The third-order valence-corrected chi connectivity index (χ3v) is 14.1. The number of aliphatic carboxylic acids is 1. The summed E-state index contributed by atoms with van der Waals surface area (Å²) in [6.45, 7) is 14.8. The van der Waals surface area contributed by atoms with Crippen LogP contribution in [0.1, 0.15) is 74.7 Å². The van der Waals surface area contributed by atoms with Crippen LogP contribution >= 0.6 is 11.3 Å². The van der Waals surface area contributed by atoms with Crippen molar-refractivity contribution in [3.8, 4) is 33.0 Å². The summed E-state index contributed by atoms with van der Waals surface area (Å²) in [6.07, 6.45) is 2.26. The zero-order valence-corrected chi connectivity index (χ0v) is 41.7. The van der Waals surface area contributed by atoms with E-state index in [0.29, 0.717) is 22.8 Å². The van der Waals surface area contributed by atoms with Crippen molar-refractivity contribution in [3.05, 3.63) is 143 Å². The molecule has 1 aliphatic rings. The van der Waals surface area contributed by atoms with E-state index in [1.165, 1.54) is 28.6 Å². The zero-order valence-electron chi connectivity index (χ0n) is 40.8. The van der Waals surface area contributed by atoms with Gasteiger partial charge in [-0.05, 0) is 111 Å². The number of ether oxygens (including phenoxy) is 1. The van der Waals surface area contributed by atoms with Gasteiger partial charge in [0.25, 0.3) is 5.91 Å². The number of nitrogens with two attached hydrogens (primary N) is 1. The Hall–Kier alpha value is -7.66. The minimum atomic E-state index is -1.52. The number of benzene rings is 4. The van der Waals surface area contributed by atoms with Crippen molar-refractivity contribution in [2.24, 2.45) is 23.0 Å². The summed E-state index contributed by atoms with van der Waals surface area (Å²) in [5.41, 5.74) is 15.1. The average Bonchev–Trinajstić information content (AvgIpc) is 4.16. The number of anilines is 3. The normalized spacial score (nSPS) is 16.0. The van der Waals surface area contributed by atoms with E-state index in [4.69, 9.17) is 15.0 Å². The summed E-state index contributed by atoms with van der Waals surface area (Å²) in [5, 5.41) is 17.1. The van der Waals surface area contributed by atoms with Crippen LogP contribution in [0.2, 0.25) is 0 Å². The molecule has 1 aliphatic heterocycles. The van der Waals surface area contributed by atoms with E-state index in [0.717, 1.165) is 44.1 Å². The standard InChI is InChI=1S/C54H57FN8O7S/c1-30-12-13-38(47-32(3)60-70-34(47)5)24-43(30)63(40-18-19-42(55)44(26-40)61-21-20-57-28-61)39-10-9-11-41(25-39)69-49(51(56)66)48(54(6,7)8)53(68)62-27-35(23-46(64)65)22-45(62)59-52(67)31(2)36-14-16-37(17-15-36)50-33(4)58-29-71-50/h9-21,24-26,28-29,31,35,45,48-49H,22-23,27H2,1-8H3,(H2,56,66)(H,59,67)(H,64,65)/t31-,35+,45-,48-,49?/m0/s1. The number of carboxylic acids is 1. The minimum Gasteiger partial charge on any atom is -0.481 e. The lowest BCUT2D eigenvalue weighted by Gasteiger charge is -2.38. The number of likely N-dealkylation sites (tertiary alicyclic amines) is 1. The Kier molecular flexibility index (Phi) is 14.3. The summed E-state index contributed by atoms with van der Waals surface area (Å²) in [6, 6.07) is 25.3. The van der Waals surface area contributed by atoms with Crippen molar-refractivity contribution >= 4 is 52.1 Å². The summed E-state index contributed by atoms with van der Waals surface area (Å²) in [5.74, 6) is -4.76. The topological polar surface area (TPSA) is 199 Å². The average molecular weight is 981 g/mol. The molecule has 4 aromatic carbocycles. The Morgan fingerprint density at radius 2 is 1.70 bits per heavy atom. The van der Waals surface area contributed by atoms with E-state index in [1.54, 1.807) is 80.5 Å². The fraction of sp³-hybridized carbons (Fsp3) is 0.315. The second-order valence-corrected chi connectivity index (χ2v) is 20.1. The van der Waals surface area contributed by atoms with Gasteiger partial charge in [-0.2, -0.15) is 0 Å². The molecule has 368 valence electrons. The van der Waals surface area contributed by atoms with Crippen LogP contribution < -0.4 is 20.7 Å². The molecule has 5 atom stereocenters. The number of hydrogen-bond donors (Lipinski definition) is 3. The number of halogens is 1. The largest absolute Gasteiger partial charge is 0.481 e. The van der Waals surface area contributed by atoms with Gasteiger partial charge in [0.15, 0.2) is 6.10 Å². The van der Waals surface area contributed by atoms with Gasteiger partial charge in [0.2, 0.25) is 11.8 Å². The van der Waals surface area contributed by atoms with E-state index in [-0.39, 0.29) is 36.7 Å². The SMILES string of the molecule is Cc1ccc(-c2c(C)noc2C)cc1N(c1cccc(OC(C(N)=O)[C@@H](C(=O)N2C[C@@H](CC(=O)O)C[C@H]2NC(=O)[C@@H](C)c2ccc(-c3scnc3C)cc2)C(C)(C)C)c1)c1ccc(F)c(-n2ccnc2)c1. The number of carbonyl (C=O) groups excluding carboxylic acids is 3. The van der Waals surface area contributed by atoms with Crippen molar-refractivity contribution in [2.45, 2.75) is 86.4 Å². The van der Waals surface area contributed by atoms with Gasteiger partial charge in [-0.3, -0.25) is 19.2 Å². The van der Waals surface area contributed by atoms with E-state index < -0.39 is 59.0 Å². The molecule has 3 amide bonds. The molecule has 4 N–H and O–H groups in total. The van der Waals surface area contributed by atoms with Crippen LogP contribution in [-0.2, 0) is 19.2 Å². The molecule has 0 spiro atoms. The number of thiazole rings is 1. The number of hydrogen-bond acceptors (Lipinski definition) is 11. The van der Waals surface area contributed by atoms with Crippen molar-refractivity contribution in [3.63, 3.8) is 0 Å². The maximum Gasteiger partial charge on any atom is 0.303 e. The van der Waals surface area contributed by atoms with E-state index in [9.17, 15) is 19.5 Å². The van der Waals surface area contributed by atoms with Crippen LogP contribution in [0.15, 0.2) is 114 Å². The summed E-state index contributed by atoms with van der Waals surface area (Å²) in [4.78, 5) is 67.9. The maximum atomic E-state index is 15.6. The predicted molar refractivity (Wildman–Crippen MR) is 269 cm³/mol. The Balaban J connectivity index is 1.12. The lowest BCUT2D eigenvalue weighted by molar-refractivity contribution is -0.151. The van der Waals surface area contributed by atoms with Gasteiger partial charge in [-0.1, -0.05) is 68.4 Å². The van der Waals surface area contributed by atoms with Crippen molar-refractivity contribution in [1.82, 2.24) is 29.9 Å². The monoisotopic (exact) mass is 980 g/mol. The van der Waals surface area contributed by atoms with Crippen LogP contribution in [0.25, 0.3) is 27.3 Å². The Morgan fingerprint density at radius 3 is 2.34 bits per heavy atom. The number of nitrogens with one attached hydrogen (secondary N) is 1. The Morgan fingerprint density at radius 1 is 0.972 bits per heavy atom. The molecule has 7 aromatic rings. The summed E-state index contributed by atoms with van der Waals surface area (Å²) in [7, 11) is 0. The molecule has 4 heterocycles. The summed E-state index contributed by atoms with van der Waals surface area (Å²) < 4.78 is 29.2. The van der Waals surface area contributed by atoms with E-state index >= 15 is 9.18 Å². The molecule has 17 heteroatoms. The number of rotatable bonds is 16. The van der Waals surface area contributed by atoms with Crippen molar-refractivity contribution in [2.75, 3.05) is 11.4 Å². The fourth-order valence-electron chi connectivity index (χ4n) is 9.47. The lowest BCUT2D eigenvalue weighted by atomic mass is 9.76. The molecular formula is C54H57FN8O7S. The van der Waals surface area contributed by atoms with Crippen molar-refractivity contribution < 1.29 is 37.9 Å². The lowest BCUT2D eigenvalue weighted by Crippen LogP contribution is -2.56. The quantitative estimate of drug-likeness (QED) is 0.0833. The second-order valence-electron chi connectivity index (χ2n) is 19.2. The fourth-order valence-corrected chi connectivity index (χ4v) is 10.3. The molecule has 0 bridgehead atoms. The molecule has 0 saturated carbocycles. The predicted octanol–water partition coefficient (Wildman–Crippen LogP) is 9.96. The van der Waals surface area contributed by atoms with Crippen LogP contribution in [0.3, 0.4) is 0 Å². The van der Waals surface area contributed by atoms with Gasteiger partial charge in [-0.15, -0.1) is 11.3 Å². The first-order valence-corrected chi connectivity index (χ1v) is 24.2. The first-order valence-electron chi connectivity index (χ1n) is 23.3. The molecule has 0 radical (unpaired) electrons. The van der Waals surface area contributed by atoms with Gasteiger partial charge in [0.1, 0.15) is 23.5 Å². The van der Waals surface area contributed by atoms with Crippen LogP contribution in [0.5, 0.6) is 5.75 Å². The minimum absolute atomic E-state index is 0.0148. The van der Waals surface area contributed by atoms with Crippen LogP contribution in [0.4, 0.5) is 21.5 Å². The number of imidazole rings is 1. The van der Waals surface area contributed by atoms with Gasteiger partial charge in [0.05, 0.1) is 45.6 Å².